The van der Waals surface area contributed by atoms with Crippen LogP contribution >= 0.6 is 0 Å². The Hall–Kier alpha value is -1.57. The molecule has 1 heterocycles. The monoisotopic (exact) mass is 189 g/mol. The van der Waals surface area contributed by atoms with Gasteiger partial charge in [-0.05, 0) is 24.6 Å². The summed E-state index contributed by atoms with van der Waals surface area (Å²) >= 11 is 0. The minimum absolute atomic E-state index is 0.551. The van der Waals surface area contributed by atoms with Gasteiger partial charge >= 0.3 is 0 Å². The molecule has 0 aromatic carbocycles. The Balaban J connectivity index is 2.97. The Bertz CT molecular complexity index is 347. The average molecular weight is 189 g/mol. The van der Waals surface area contributed by atoms with Gasteiger partial charge in [0.1, 0.15) is 6.29 Å². The summed E-state index contributed by atoms with van der Waals surface area (Å²) in [6.45, 7) is 6.46. The summed E-state index contributed by atoms with van der Waals surface area (Å²) in [4.78, 5) is 10.3. The fourth-order valence-corrected chi connectivity index (χ4v) is 1.41. The van der Waals surface area contributed by atoms with E-state index in [4.69, 9.17) is 0 Å². The Labute approximate surface area is 84.6 Å². The van der Waals surface area contributed by atoms with Crippen LogP contribution in [0.1, 0.15) is 24.6 Å². The van der Waals surface area contributed by atoms with Crippen LogP contribution in [0, 0.1) is 0 Å². The lowest BCUT2D eigenvalue weighted by Crippen LogP contribution is -1.99. The van der Waals surface area contributed by atoms with E-state index in [1.807, 2.05) is 37.4 Å². The van der Waals surface area contributed by atoms with Gasteiger partial charge in [0.05, 0.1) is 0 Å². The number of rotatable bonds is 5. The molecule has 0 unspecified atom stereocenters. The highest BCUT2D eigenvalue weighted by molar-refractivity contribution is 5.62. The summed E-state index contributed by atoms with van der Waals surface area (Å²) in [7, 11) is 0. The molecule has 1 rings (SSSR count). The lowest BCUT2D eigenvalue weighted by molar-refractivity contribution is -0.108. The largest absolute Gasteiger partial charge is 0.347 e. The molecular weight excluding hydrogens is 174 g/mol. The molecule has 14 heavy (non-hydrogen) atoms. The number of hydrogen-bond acceptors (Lipinski definition) is 1. The van der Waals surface area contributed by atoms with E-state index in [1.54, 1.807) is 0 Å². The van der Waals surface area contributed by atoms with Crippen molar-refractivity contribution in [2.45, 2.75) is 19.9 Å². The molecule has 0 aliphatic rings. The van der Waals surface area contributed by atoms with Gasteiger partial charge in [-0.25, -0.2) is 0 Å². The van der Waals surface area contributed by atoms with E-state index in [1.165, 1.54) is 0 Å². The highest BCUT2D eigenvalue weighted by Crippen LogP contribution is 2.14. The Kier molecular flexibility index (Phi) is 3.92. The van der Waals surface area contributed by atoms with Crippen LogP contribution < -0.4 is 0 Å². The van der Waals surface area contributed by atoms with E-state index in [0.717, 1.165) is 24.1 Å². The van der Waals surface area contributed by atoms with Gasteiger partial charge in [-0.3, -0.25) is 0 Å². The van der Waals surface area contributed by atoms with Crippen molar-refractivity contribution in [3.8, 4) is 0 Å². The van der Waals surface area contributed by atoms with Crippen molar-refractivity contribution in [3.05, 3.63) is 36.2 Å². The van der Waals surface area contributed by atoms with Crippen molar-refractivity contribution in [1.82, 2.24) is 4.57 Å². The predicted molar refractivity (Wildman–Crippen MR) is 59.9 cm³/mol. The second-order valence-electron chi connectivity index (χ2n) is 3.01. The predicted octanol–water partition coefficient (Wildman–Crippen LogP) is 2.75. The molecule has 0 aliphatic heterocycles. The first-order chi connectivity index (χ1) is 6.83. The first-order valence-corrected chi connectivity index (χ1v) is 4.71. The maximum atomic E-state index is 10.3. The van der Waals surface area contributed by atoms with E-state index in [2.05, 4.69) is 11.1 Å². The molecule has 0 aliphatic carbocycles. The van der Waals surface area contributed by atoms with E-state index in [0.29, 0.717) is 6.42 Å². The van der Waals surface area contributed by atoms with Gasteiger partial charge in [-0.1, -0.05) is 18.7 Å². The van der Waals surface area contributed by atoms with E-state index in [9.17, 15) is 4.79 Å². The van der Waals surface area contributed by atoms with E-state index < -0.39 is 0 Å². The molecule has 0 amide bonds. The molecule has 0 radical (unpaired) electrons. The summed E-state index contributed by atoms with van der Waals surface area (Å²) in [5.74, 6) is 0. The van der Waals surface area contributed by atoms with Crippen LogP contribution in [0.15, 0.2) is 24.9 Å². The SMILES string of the molecule is C=Cc1ccn(CCC=O)c1/C=C\C. The van der Waals surface area contributed by atoms with Crippen LogP contribution in [0.4, 0.5) is 0 Å². The first kappa shape index (κ1) is 10.5. The molecule has 2 nitrogen and oxygen atoms in total. The molecule has 0 fully saturated rings. The van der Waals surface area contributed by atoms with Crippen LogP contribution in [0.25, 0.3) is 12.2 Å². The van der Waals surface area contributed by atoms with Crippen LogP contribution in [0.2, 0.25) is 0 Å². The third kappa shape index (κ3) is 2.22. The van der Waals surface area contributed by atoms with Crippen LogP contribution in [0.5, 0.6) is 0 Å². The molecule has 0 N–H and O–H groups in total. The highest BCUT2D eigenvalue weighted by atomic mass is 16.1. The number of aryl methyl sites for hydroxylation is 1. The zero-order chi connectivity index (χ0) is 10.4. The first-order valence-electron chi connectivity index (χ1n) is 4.71. The van der Waals surface area contributed by atoms with Crippen molar-refractivity contribution in [2.75, 3.05) is 0 Å². The third-order valence-electron chi connectivity index (χ3n) is 2.07. The van der Waals surface area contributed by atoms with Gasteiger partial charge in [0.2, 0.25) is 0 Å². The average Bonchev–Trinajstić information content (AvgIpc) is 2.58. The highest BCUT2D eigenvalue weighted by Gasteiger charge is 2.02. The minimum Gasteiger partial charge on any atom is -0.347 e. The van der Waals surface area contributed by atoms with E-state index >= 15 is 0 Å². The summed E-state index contributed by atoms with van der Waals surface area (Å²) in [6, 6.07) is 2.01. The quantitative estimate of drug-likeness (QED) is 0.653. The normalized spacial score (nSPS) is 10.6. The van der Waals surface area contributed by atoms with Gasteiger partial charge in [0.15, 0.2) is 0 Å². The second-order valence-corrected chi connectivity index (χ2v) is 3.01. The lowest BCUT2D eigenvalue weighted by Gasteiger charge is -2.04. The van der Waals surface area contributed by atoms with Crippen molar-refractivity contribution in [3.63, 3.8) is 0 Å². The van der Waals surface area contributed by atoms with Crippen LogP contribution in [-0.4, -0.2) is 10.9 Å². The Morgan fingerprint density at radius 1 is 1.57 bits per heavy atom. The molecule has 0 saturated carbocycles. The molecule has 0 saturated heterocycles. The van der Waals surface area contributed by atoms with Gasteiger partial charge < -0.3 is 9.36 Å². The number of carbonyl (C=O) groups is 1. The molecule has 0 bridgehead atoms. The van der Waals surface area contributed by atoms with Crippen molar-refractivity contribution in [2.24, 2.45) is 0 Å². The number of aromatic nitrogens is 1. The standard InChI is InChI=1S/C12H15NO/c1-3-6-12-11(4-2)7-9-13(12)8-5-10-14/h3-4,6-7,9-10H,2,5,8H2,1H3/b6-3-. The number of aldehydes is 1. The molecular formula is C12H15NO. The number of allylic oxidation sites excluding steroid dienone is 1. The molecule has 1 aromatic rings. The van der Waals surface area contributed by atoms with Crippen LogP contribution in [0.3, 0.4) is 0 Å². The van der Waals surface area contributed by atoms with Crippen molar-refractivity contribution in [1.29, 1.82) is 0 Å². The maximum Gasteiger partial charge on any atom is 0.121 e. The van der Waals surface area contributed by atoms with Crippen molar-refractivity contribution >= 4 is 18.4 Å². The summed E-state index contributed by atoms with van der Waals surface area (Å²) in [5, 5.41) is 0. The summed E-state index contributed by atoms with van der Waals surface area (Å²) in [5.41, 5.74) is 2.22. The maximum absolute atomic E-state index is 10.3. The smallest absolute Gasteiger partial charge is 0.121 e. The molecule has 2 heteroatoms. The van der Waals surface area contributed by atoms with Gasteiger partial charge in [0.25, 0.3) is 0 Å². The summed E-state index contributed by atoms with van der Waals surface area (Å²) < 4.78 is 2.06. The zero-order valence-electron chi connectivity index (χ0n) is 8.44. The summed E-state index contributed by atoms with van der Waals surface area (Å²) in [6.07, 6.45) is 9.31. The number of nitrogens with zero attached hydrogens (tertiary/aromatic N) is 1. The van der Waals surface area contributed by atoms with Crippen molar-refractivity contribution < 1.29 is 4.79 Å². The van der Waals surface area contributed by atoms with Crippen LogP contribution in [-0.2, 0) is 11.3 Å². The third-order valence-corrected chi connectivity index (χ3v) is 2.07. The molecule has 1 aromatic heterocycles. The lowest BCUT2D eigenvalue weighted by atomic mass is 10.2. The number of carbonyl (C=O) groups excluding carboxylic acids is 1. The second kappa shape index (κ2) is 5.22. The van der Waals surface area contributed by atoms with Gasteiger partial charge in [0, 0.05) is 24.9 Å². The molecule has 74 valence electrons. The van der Waals surface area contributed by atoms with Gasteiger partial charge in [-0.15, -0.1) is 0 Å². The Morgan fingerprint density at radius 3 is 2.93 bits per heavy atom. The Morgan fingerprint density at radius 2 is 2.36 bits per heavy atom. The van der Waals surface area contributed by atoms with Gasteiger partial charge in [-0.2, -0.15) is 0 Å². The topological polar surface area (TPSA) is 22.0 Å². The fraction of sp³-hybridized carbons (Fsp3) is 0.250. The zero-order valence-corrected chi connectivity index (χ0v) is 8.44. The minimum atomic E-state index is 0.551. The number of hydrogen-bond donors (Lipinski definition) is 0. The van der Waals surface area contributed by atoms with E-state index in [-0.39, 0.29) is 0 Å². The molecule has 0 spiro atoms. The molecule has 0 atom stereocenters. The fourth-order valence-electron chi connectivity index (χ4n) is 1.41.